The number of benzene rings is 1. The van der Waals surface area contributed by atoms with E-state index in [0.29, 0.717) is 17.5 Å². The second kappa shape index (κ2) is 5.43. The predicted molar refractivity (Wildman–Crippen MR) is 83.7 cm³/mol. The molecule has 0 radical (unpaired) electrons. The van der Waals surface area contributed by atoms with E-state index in [0.717, 1.165) is 36.2 Å². The fourth-order valence-corrected chi connectivity index (χ4v) is 3.11. The number of nitrogens with one attached hydrogen (secondary N) is 1. The van der Waals surface area contributed by atoms with Crippen LogP contribution in [0.4, 0.5) is 0 Å². The summed E-state index contributed by atoms with van der Waals surface area (Å²) in [6, 6.07) is 7.71. The van der Waals surface area contributed by atoms with E-state index in [4.69, 9.17) is 4.74 Å². The third-order valence-electron chi connectivity index (χ3n) is 4.53. The van der Waals surface area contributed by atoms with Crippen molar-refractivity contribution in [2.45, 2.75) is 20.3 Å². The van der Waals surface area contributed by atoms with Gasteiger partial charge in [0.25, 0.3) is 5.91 Å². The Hall–Kier alpha value is -1.97. The van der Waals surface area contributed by atoms with Crippen LogP contribution in [0, 0.1) is 11.8 Å². The topological polar surface area (TPSA) is 45.3 Å². The molecule has 4 nitrogen and oxygen atoms in total. The normalized spacial score (nSPS) is 18.7. The molecule has 21 heavy (non-hydrogen) atoms. The first-order valence-corrected chi connectivity index (χ1v) is 7.55. The van der Waals surface area contributed by atoms with Gasteiger partial charge in [0, 0.05) is 24.0 Å². The molecule has 0 saturated carbocycles. The molecule has 1 aromatic carbocycles. The van der Waals surface area contributed by atoms with E-state index in [1.54, 1.807) is 7.11 Å². The summed E-state index contributed by atoms with van der Waals surface area (Å²) in [6.07, 6.45) is 1.10. The number of H-pyrrole nitrogens is 1. The molecule has 1 saturated heterocycles. The van der Waals surface area contributed by atoms with Gasteiger partial charge in [0.05, 0.1) is 7.11 Å². The summed E-state index contributed by atoms with van der Waals surface area (Å²) in [5, 5.41) is 0.961. The van der Waals surface area contributed by atoms with E-state index in [1.165, 1.54) is 0 Å². The van der Waals surface area contributed by atoms with Crippen molar-refractivity contribution in [3.05, 3.63) is 30.0 Å². The number of methoxy groups -OCH3 is 1. The minimum atomic E-state index is 0.0939. The lowest BCUT2D eigenvalue weighted by atomic mass is 9.95. The zero-order valence-electron chi connectivity index (χ0n) is 12.8. The number of fused-ring (bicyclic) bond motifs is 1. The maximum atomic E-state index is 12.6. The Balaban J connectivity index is 1.86. The number of carbonyl (C=O) groups excluding carboxylic acids is 1. The van der Waals surface area contributed by atoms with Crippen molar-refractivity contribution in [3.63, 3.8) is 0 Å². The molecule has 0 bridgehead atoms. The van der Waals surface area contributed by atoms with E-state index in [-0.39, 0.29) is 5.91 Å². The number of ether oxygens (including phenoxy) is 1. The molecule has 112 valence electrons. The van der Waals surface area contributed by atoms with Crippen molar-refractivity contribution in [1.29, 1.82) is 0 Å². The SMILES string of the molecule is COc1cccc2[nH]c(C(=O)N3CCC(C(C)C)C3)cc12. The van der Waals surface area contributed by atoms with E-state index >= 15 is 0 Å². The standard InChI is InChI=1S/C17H22N2O2/c1-11(2)12-7-8-19(10-12)17(20)15-9-13-14(18-15)5-4-6-16(13)21-3/h4-6,9,11-12,18H,7-8,10H2,1-3H3. The second-order valence-electron chi connectivity index (χ2n) is 6.15. The molecule has 4 heteroatoms. The predicted octanol–water partition coefficient (Wildman–Crippen LogP) is 3.29. The molecular weight excluding hydrogens is 264 g/mol. The second-order valence-corrected chi connectivity index (χ2v) is 6.15. The Morgan fingerprint density at radius 2 is 2.24 bits per heavy atom. The third-order valence-corrected chi connectivity index (χ3v) is 4.53. The van der Waals surface area contributed by atoms with Crippen LogP contribution in [0.2, 0.25) is 0 Å². The first-order valence-electron chi connectivity index (χ1n) is 7.55. The van der Waals surface area contributed by atoms with Crippen molar-refractivity contribution in [2.24, 2.45) is 11.8 Å². The highest BCUT2D eigenvalue weighted by Gasteiger charge is 2.29. The molecule has 1 atom stereocenters. The average Bonchev–Trinajstić information content (AvgIpc) is 3.12. The highest BCUT2D eigenvalue weighted by Crippen LogP contribution is 2.28. The van der Waals surface area contributed by atoms with Gasteiger partial charge in [0.15, 0.2) is 0 Å². The van der Waals surface area contributed by atoms with Gasteiger partial charge in [0.2, 0.25) is 0 Å². The van der Waals surface area contributed by atoms with Crippen molar-refractivity contribution in [2.75, 3.05) is 20.2 Å². The largest absolute Gasteiger partial charge is 0.496 e. The molecule has 1 amide bonds. The fraction of sp³-hybridized carbons (Fsp3) is 0.471. The van der Waals surface area contributed by atoms with Crippen LogP contribution in [0.3, 0.4) is 0 Å². The summed E-state index contributed by atoms with van der Waals surface area (Å²) < 4.78 is 5.35. The number of rotatable bonds is 3. The van der Waals surface area contributed by atoms with Gasteiger partial charge in [-0.15, -0.1) is 0 Å². The van der Waals surface area contributed by atoms with Gasteiger partial charge in [-0.05, 0) is 36.5 Å². The number of amides is 1. The van der Waals surface area contributed by atoms with E-state index in [2.05, 4.69) is 18.8 Å². The van der Waals surface area contributed by atoms with Gasteiger partial charge in [0.1, 0.15) is 11.4 Å². The zero-order valence-corrected chi connectivity index (χ0v) is 12.8. The summed E-state index contributed by atoms with van der Waals surface area (Å²) in [5.41, 5.74) is 1.59. The zero-order chi connectivity index (χ0) is 15.0. The smallest absolute Gasteiger partial charge is 0.270 e. The quantitative estimate of drug-likeness (QED) is 0.941. The number of likely N-dealkylation sites (tertiary alicyclic amines) is 1. The summed E-state index contributed by atoms with van der Waals surface area (Å²) in [4.78, 5) is 17.8. The lowest BCUT2D eigenvalue weighted by Gasteiger charge is -2.17. The van der Waals surface area contributed by atoms with Gasteiger partial charge < -0.3 is 14.6 Å². The summed E-state index contributed by atoms with van der Waals surface area (Å²) in [5.74, 6) is 2.14. The van der Waals surface area contributed by atoms with Crippen LogP contribution in [0.25, 0.3) is 10.9 Å². The van der Waals surface area contributed by atoms with Crippen LogP contribution >= 0.6 is 0 Å². The van der Waals surface area contributed by atoms with Crippen LogP contribution in [0.15, 0.2) is 24.3 Å². The monoisotopic (exact) mass is 286 g/mol. The highest BCUT2D eigenvalue weighted by molar-refractivity contribution is 5.99. The van der Waals surface area contributed by atoms with Crippen molar-refractivity contribution < 1.29 is 9.53 Å². The fourth-order valence-electron chi connectivity index (χ4n) is 3.11. The number of carbonyl (C=O) groups is 1. The molecule has 2 aromatic rings. The molecule has 3 rings (SSSR count). The maximum Gasteiger partial charge on any atom is 0.270 e. The molecule has 1 aromatic heterocycles. The van der Waals surface area contributed by atoms with Crippen LogP contribution in [-0.2, 0) is 0 Å². The van der Waals surface area contributed by atoms with Crippen LogP contribution in [0.1, 0.15) is 30.8 Å². The molecule has 2 heterocycles. The lowest BCUT2D eigenvalue weighted by molar-refractivity contribution is 0.0779. The molecule has 1 unspecified atom stereocenters. The third kappa shape index (κ3) is 2.50. The summed E-state index contributed by atoms with van der Waals surface area (Å²) >= 11 is 0. The van der Waals surface area contributed by atoms with Gasteiger partial charge >= 0.3 is 0 Å². The summed E-state index contributed by atoms with van der Waals surface area (Å²) in [6.45, 7) is 6.18. The van der Waals surface area contributed by atoms with Gasteiger partial charge in [-0.3, -0.25) is 4.79 Å². The number of nitrogens with zero attached hydrogens (tertiary/aromatic N) is 1. The maximum absolute atomic E-state index is 12.6. The Kier molecular flexibility index (Phi) is 3.62. The molecular formula is C17H22N2O2. The Labute approximate surface area is 125 Å². The highest BCUT2D eigenvalue weighted by atomic mass is 16.5. The lowest BCUT2D eigenvalue weighted by Crippen LogP contribution is -2.29. The van der Waals surface area contributed by atoms with E-state index < -0.39 is 0 Å². The van der Waals surface area contributed by atoms with Gasteiger partial charge in [-0.2, -0.15) is 0 Å². The Morgan fingerprint density at radius 3 is 2.90 bits per heavy atom. The van der Waals surface area contributed by atoms with Crippen molar-refractivity contribution in [3.8, 4) is 5.75 Å². The minimum absolute atomic E-state index is 0.0939. The number of hydrogen-bond donors (Lipinski definition) is 1. The molecule has 1 aliphatic rings. The van der Waals surface area contributed by atoms with Crippen LogP contribution in [0.5, 0.6) is 5.75 Å². The van der Waals surface area contributed by atoms with Gasteiger partial charge in [-0.25, -0.2) is 0 Å². The van der Waals surface area contributed by atoms with Crippen molar-refractivity contribution in [1.82, 2.24) is 9.88 Å². The van der Waals surface area contributed by atoms with Crippen molar-refractivity contribution >= 4 is 16.8 Å². The molecule has 1 fully saturated rings. The molecule has 1 aliphatic heterocycles. The first-order chi connectivity index (χ1) is 10.1. The minimum Gasteiger partial charge on any atom is -0.496 e. The molecule has 0 spiro atoms. The van der Waals surface area contributed by atoms with E-state index in [9.17, 15) is 4.79 Å². The summed E-state index contributed by atoms with van der Waals surface area (Å²) in [7, 11) is 1.65. The van der Waals surface area contributed by atoms with Crippen LogP contribution < -0.4 is 4.74 Å². The van der Waals surface area contributed by atoms with Crippen LogP contribution in [-0.4, -0.2) is 36.0 Å². The molecule has 1 N–H and O–H groups in total. The van der Waals surface area contributed by atoms with E-state index in [1.807, 2.05) is 29.2 Å². The molecule has 0 aliphatic carbocycles. The first kappa shape index (κ1) is 14.0. The number of aromatic amines is 1. The van der Waals surface area contributed by atoms with Gasteiger partial charge in [-0.1, -0.05) is 19.9 Å². The average molecular weight is 286 g/mol. The number of hydrogen-bond acceptors (Lipinski definition) is 2. The Bertz CT molecular complexity index is 660. The number of aromatic nitrogens is 1. The Morgan fingerprint density at radius 1 is 1.43 bits per heavy atom.